The number of hydrogen-bond acceptors (Lipinski definition) is 5. The van der Waals surface area contributed by atoms with E-state index in [9.17, 15) is 9.59 Å². The zero-order chi connectivity index (χ0) is 18.4. The number of benzene rings is 1. The van der Waals surface area contributed by atoms with Crippen LogP contribution in [0.2, 0.25) is 0 Å². The molecule has 26 heavy (non-hydrogen) atoms. The van der Waals surface area contributed by atoms with Crippen LogP contribution < -0.4 is 10.6 Å². The first kappa shape index (κ1) is 18.9. The van der Waals surface area contributed by atoms with Gasteiger partial charge in [-0.2, -0.15) is 0 Å². The summed E-state index contributed by atoms with van der Waals surface area (Å²) in [5, 5.41) is 5.66. The molecular formula is C18H20IN3O4. The maximum absolute atomic E-state index is 12.6. The maximum Gasteiger partial charge on any atom is 0.291 e. The summed E-state index contributed by atoms with van der Waals surface area (Å²) in [4.78, 5) is 27.0. The lowest BCUT2D eigenvalue weighted by Gasteiger charge is -2.26. The van der Waals surface area contributed by atoms with E-state index in [1.807, 2.05) is 6.07 Å². The average Bonchev–Trinajstić information content (AvgIpc) is 3.19. The molecule has 0 aliphatic carbocycles. The molecule has 0 unspecified atom stereocenters. The Kier molecular flexibility index (Phi) is 6.64. The Labute approximate surface area is 165 Å². The average molecular weight is 469 g/mol. The van der Waals surface area contributed by atoms with E-state index in [-0.39, 0.29) is 11.7 Å². The van der Waals surface area contributed by atoms with Crippen LogP contribution in [0.1, 0.15) is 20.9 Å². The molecule has 0 spiro atoms. The minimum Gasteiger partial charge on any atom is -0.459 e. The molecule has 1 aliphatic rings. The van der Waals surface area contributed by atoms with Gasteiger partial charge >= 0.3 is 0 Å². The lowest BCUT2D eigenvalue weighted by atomic mass is 10.1. The molecule has 1 aliphatic heterocycles. The largest absolute Gasteiger partial charge is 0.459 e. The minimum absolute atomic E-state index is 0.197. The number of ether oxygens (including phenoxy) is 1. The Bertz CT molecular complexity index is 758. The van der Waals surface area contributed by atoms with E-state index >= 15 is 0 Å². The molecule has 0 saturated carbocycles. The molecule has 3 rings (SSSR count). The van der Waals surface area contributed by atoms with Gasteiger partial charge in [0.1, 0.15) is 0 Å². The number of nitrogens with one attached hydrogen (secondary N) is 2. The second-order valence-electron chi connectivity index (χ2n) is 5.83. The number of anilines is 1. The van der Waals surface area contributed by atoms with E-state index in [2.05, 4.69) is 38.1 Å². The highest BCUT2D eigenvalue weighted by atomic mass is 127. The zero-order valence-corrected chi connectivity index (χ0v) is 16.3. The number of carbonyl (C=O) groups is 2. The molecule has 138 valence electrons. The third kappa shape index (κ3) is 5.05. The van der Waals surface area contributed by atoms with Crippen LogP contribution in [0.3, 0.4) is 0 Å². The van der Waals surface area contributed by atoms with Crippen molar-refractivity contribution in [2.75, 3.05) is 44.7 Å². The van der Waals surface area contributed by atoms with Gasteiger partial charge in [0.2, 0.25) is 0 Å². The number of nitrogens with zero attached hydrogens (tertiary/aromatic N) is 1. The number of carbonyl (C=O) groups excluding carboxylic acids is 2. The molecule has 2 aromatic rings. The highest BCUT2D eigenvalue weighted by Crippen LogP contribution is 2.20. The predicted octanol–water partition coefficient (Wildman–Crippen LogP) is 2.20. The number of halogens is 1. The van der Waals surface area contributed by atoms with Gasteiger partial charge in [0.25, 0.3) is 11.8 Å². The smallest absolute Gasteiger partial charge is 0.291 e. The molecule has 0 bridgehead atoms. The van der Waals surface area contributed by atoms with Crippen molar-refractivity contribution >= 4 is 40.1 Å². The van der Waals surface area contributed by atoms with Gasteiger partial charge in [-0.1, -0.05) is 0 Å². The fourth-order valence-corrected chi connectivity index (χ4v) is 3.14. The standard InChI is InChI=1S/C18H20IN3O4/c19-13-3-4-15(21-18(24)16-2-1-9-26-16)14(12-13)17(23)20-5-6-22-7-10-25-11-8-22/h1-4,9,12H,5-8,10-11H2,(H,20,23)(H,21,24). The monoisotopic (exact) mass is 469 g/mol. The van der Waals surface area contributed by atoms with Gasteiger partial charge in [-0.05, 0) is 52.9 Å². The van der Waals surface area contributed by atoms with Crippen molar-refractivity contribution in [1.29, 1.82) is 0 Å². The topological polar surface area (TPSA) is 83.8 Å². The lowest BCUT2D eigenvalue weighted by molar-refractivity contribution is 0.0383. The van der Waals surface area contributed by atoms with Crippen molar-refractivity contribution < 1.29 is 18.7 Å². The van der Waals surface area contributed by atoms with E-state index in [1.165, 1.54) is 6.26 Å². The number of morpholine rings is 1. The Morgan fingerprint density at radius 2 is 1.96 bits per heavy atom. The first-order valence-corrected chi connectivity index (χ1v) is 9.44. The van der Waals surface area contributed by atoms with Crippen molar-refractivity contribution in [2.24, 2.45) is 0 Å². The summed E-state index contributed by atoms with van der Waals surface area (Å²) in [5.74, 6) is -0.410. The third-order valence-electron chi connectivity index (χ3n) is 4.04. The molecule has 2 heterocycles. The first-order chi connectivity index (χ1) is 12.6. The molecule has 2 amide bonds. The molecular weight excluding hydrogens is 449 g/mol. The number of furan rings is 1. The highest BCUT2D eigenvalue weighted by molar-refractivity contribution is 14.1. The van der Waals surface area contributed by atoms with Crippen LogP contribution in [0.5, 0.6) is 0 Å². The van der Waals surface area contributed by atoms with Gasteiger partial charge in [0.05, 0.1) is 30.7 Å². The second kappa shape index (κ2) is 9.15. The quantitative estimate of drug-likeness (QED) is 0.634. The van der Waals surface area contributed by atoms with Crippen LogP contribution >= 0.6 is 22.6 Å². The van der Waals surface area contributed by atoms with Crippen LogP contribution in [0.25, 0.3) is 0 Å². The van der Waals surface area contributed by atoms with Gasteiger partial charge in [0, 0.05) is 29.7 Å². The Hall–Kier alpha value is -1.91. The summed E-state index contributed by atoms with van der Waals surface area (Å²) in [7, 11) is 0. The van der Waals surface area contributed by atoms with E-state index in [0.29, 0.717) is 17.8 Å². The predicted molar refractivity (Wildman–Crippen MR) is 105 cm³/mol. The third-order valence-corrected chi connectivity index (χ3v) is 4.71. The van der Waals surface area contributed by atoms with Crippen LogP contribution in [-0.4, -0.2) is 56.1 Å². The number of amides is 2. The summed E-state index contributed by atoms with van der Waals surface area (Å²) in [5.41, 5.74) is 0.884. The van der Waals surface area contributed by atoms with Crippen molar-refractivity contribution in [2.45, 2.75) is 0 Å². The van der Waals surface area contributed by atoms with E-state index in [1.54, 1.807) is 24.3 Å². The minimum atomic E-state index is -0.390. The lowest BCUT2D eigenvalue weighted by Crippen LogP contribution is -2.41. The van der Waals surface area contributed by atoms with Crippen molar-refractivity contribution in [1.82, 2.24) is 10.2 Å². The van der Waals surface area contributed by atoms with E-state index < -0.39 is 5.91 Å². The molecule has 1 fully saturated rings. The Morgan fingerprint density at radius 3 is 2.69 bits per heavy atom. The molecule has 7 nitrogen and oxygen atoms in total. The van der Waals surface area contributed by atoms with Crippen molar-refractivity contribution in [3.05, 3.63) is 51.5 Å². The van der Waals surface area contributed by atoms with Crippen LogP contribution in [0.4, 0.5) is 5.69 Å². The fraction of sp³-hybridized carbons (Fsp3) is 0.333. The summed E-state index contributed by atoms with van der Waals surface area (Å²) in [6, 6.07) is 8.52. The van der Waals surface area contributed by atoms with Crippen molar-refractivity contribution in [3.8, 4) is 0 Å². The number of rotatable bonds is 6. The highest BCUT2D eigenvalue weighted by Gasteiger charge is 2.17. The van der Waals surface area contributed by atoms with Crippen molar-refractivity contribution in [3.63, 3.8) is 0 Å². The van der Waals surface area contributed by atoms with E-state index in [4.69, 9.17) is 9.15 Å². The normalized spacial score (nSPS) is 14.8. The van der Waals surface area contributed by atoms with Gasteiger partial charge < -0.3 is 19.8 Å². The molecule has 2 N–H and O–H groups in total. The zero-order valence-electron chi connectivity index (χ0n) is 14.2. The molecule has 8 heteroatoms. The van der Waals surface area contributed by atoms with Crippen LogP contribution in [0, 0.1) is 3.57 Å². The summed E-state index contributed by atoms with van der Waals surface area (Å²) in [6.07, 6.45) is 1.43. The number of hydrogen-bond donors (Lipinski definition) is 2. The van der Waals surface area contributed by atoms with Gasteiger partial charge in [-0.15, -0.1) is 0 Å². The maximum atomic E-state index is 12.6. The van der Waals surface area contributed by atoms with Crippen LogP contribution in [0.15, 0.2) is 41.0 Å². The van der Waals surface area contributed by atoms with Crippen LogP contribution in [-0.2, 0) is 4.74 Å². The van der Waals surface area contributed by atoms with Gasteiger partial charge in [-0.25, -0.2) is 0 Å². The first-order valence-electron chi connectivity index (χ1n) is 8.36. The molecule has 1 aromatic carbocycles. The Balaban J connectivity index is 1.62. The second-order valence-corrected chi connectivity index (χ2v) is 7.08. The molecule has 1 saturated heterocycles. The summed E-state index contributed by atoms with van der Waals surface area (Å²) in [6.45, 7) is 4.53. The molecule has 0 radical (unpaired) electrons. The fourth-order valence-electron chi connectivity index (χ4n) is 2.65. The molecule has 1 aromatic heterocycles. The Morgan fingerprint density at radius 1 is 1.15 bits per heavy atom. The van der Waals surface area contributed by atoms with Gasteiger partial charge in [-0.3, -0.25) is 14.5 Å². The SMILES string of the molecule is O=C(Nc1ccc(I)cc1C(=O)NCCN1CCOCC1)c1ccco1. The summed E-state index contributed by atoms with van der Waals surface area (Å²) >= 11 is 2.14. The molecule has 0 atom stereocenters. The van der Waals surface area contributed by atoms with Gasteiger partial charge in [0.15, 0.2) is 5.76 Å². The van der Waals surface area contributed by atoms with E-state index in [0.717, 1.165) is 36.4 Å². The summed E-state index contributed by atoms with van der Waals surface area (Å²) < 4.78 is 11.3.